The van der Waals surface area contributed by atoms with Crippen molar-refractivity contribution >= 4 is 23.2 Å². The maximum absolute atomic E-state index is 12.8. The number of nitrogens with one attached hydrogen (secondary N) is 2. The number of benzene rings is 1. The van der Waals surface area contributed by atoms with E-state index in [9.17, 15) is 4.79 Å². The molecule has 1 saturated carbocycles. The second-order valence-corrected chi connectivity index (χ2v) is 11.2. The summed E-state index contributed by atoms with van der Waals surface area (Å²) in [5.74, 6) is 1.04. The van der Waals surface area contributed by atoms with Crippen molar-refractivity contribution in [1.82, 2.24) is 24.5 Å². The molecule has 0 radical (unpaired) electrons. The van der Waals surface area contributed by atoms with Gasteiger partial charge in [-0.15, -0.1) is 0 Å². The number of aromatic nitrogens is 4. The van der Waals surface area contributed by atoms with Gasteiger partial charge in [-0.05, 0) is 69.2 Å². The van der Waals surface area contributed by atoms with Crippen LogP contribution in [-0.2, 0) is 11.3 Å². The molecule has 10 nitrogen and oxygen atoms in total. The van der Waals surface area contributed by atoms with Crippen molar-refractivity contribution in [2.24, 2.45) is 5.92 Å². The first-order chi connectivity index (χ1) is 18.4. The van der Waals surface area contributed by atoms with Crippen LogP contribution in [0.3, 0.4) is 0 Å². The Hall–Kier alpha value is -3.24. The number of hydrogen-bond donors (Lipinski definition) is 3. The van der Waals surface area contributed by atoms with Crippen LogP contribution >= 0.6 is 0 Å². The van der Waals surface area contributed by atoms with Crippen molar-refractivity contribution < 1.29 is 15.3 Å². The van der Waals surface area contributed by atoms with E-state index in [1.165, 1.54) is 0 Å². The molecule has 2 aromatic heterocycles. The first-order valence-corrected chi connectivity index (χ1v) is 13.9. The zero-order chi connectivity index (χ0) is 26.6. The molecule has 0 spiro atoms. The fraction of sp³-hybridized carbons (Fsp3) is 0.571. The zero-order valence-corrected chi connectivity index (χ0v) is 22.8. The highest BCUT2D eigenvalue weighted by atomic mass is 16.5. The number of carbonyl (C=O) groups is 1. The molecule has 2 aliphatic rings. The summed E-state index contributed by atoms with van der Waals surface area (Å²) in [4.78, 5) is 24.6. The summed E-state index contributed by atoms with van der Waals surface area (Å²) >= 11 is 0. The van der Waals surface area contributed by atoms with Gasteiger partial charge < -0.3 is 26.0 Å². The Kier molecular flexibility index (Phi) is 8.09. The molecule has 1 aliphatic heterocycles. The summed E-state index contributed by atoms with van der Waals surface area (Å²) in [5, 5.41) is 11.1. The lowest BCUT2D eigenvalue weighted by Crippen LogP contribution is -2.62. The van der Waals surface area contributed by atoms with Gasteiger partial charge in [0.1, 0.15) is 6.10 Å². The molecule has 5 rings (SSSR count). The standard InChI is InChI=1S/C28H40N8O2/c1-18(2)24-17-31-36-25(24)33-28(38-23-11-13-35(3)14-12-23)34-27(36)30-16-19-5-4-6-22(15-19)32-26(37)20-7-9-21(29)10-8-20/h4-6,15,17-18,20-21,23H,7-14,16,29H2,1-3H3,(H,32,37)(H,30,33,34)/p+1. The van der Waals surface area contributed by atoms with Gasteiger partial charge in [0.05, 0.1) is 12.2 Å². The number of fused-ring (bicyclic) bond motifs is 1. The van der Waals surface area contributed by atoms with Crippen LogP contribution in [0.15, 0.2) is 30.5 Å². The molecule has 2 fully saturated rings. The Morgan fingerprint density at radius 1 is 1.13 bits per heavy atom. The Morgan fingerprint density at radius 3 is 2.63 bits per heavy atom. The van der Waals surface area contributed by atoms with Crippen LogP contribution < -0.4 is 21.1 Å². The molecule has 1 saturated heterocycles. The lowest BCUT2D eigenvalue weighted by Gasteiger charge is -2.28. The molecule has 0 bridgehead atoms. The minimum absolute atomic E-state index is 0.0713. The molecule has 3 aromatic rings. The van der Waals surface area contributed by atoms with E-state index in [1.807, 2.05) is 30.5 Å². The van der Waals surface area contributed by atoms with Gasteiger partial charge in [0.15, 0.2) is 5.65 Å². The van der Waals surface area contributed by atoms with Crippen molar-refractivity contribution in [3.8, 4) is 6.01 Å². The maximum atomic E-state index is 12.8. The van der Waals surface area contributed by atoms with Gasteiger partial charge in [-0.3, -0.25) is 4.79 Å². The molecule has 0 unspecified atom stereocenters. The van der Waals surface area contributed by atoms with E-state index in [2.05, 4.69) is 47.3 Å². The van der Waals surface area contributed by atoms with Crippen LogP contribution in [0.25, 0.3) is 5.65 Å². The number of nitrogens with zero attached hydrogens (tertiary/aromatic N) is 5. The number of quaternary nitrogens is 1. The normalized spacial score (nSPS) is 21.1. The van der Waals surface area contributed by atoms with Gasteiger partial charge in [-0.2, -0.15) is 19.6 Å². The van der Waals surface area contributed by atoms with Crippen LogP contribution in [0.1, 0.15) is 69.4 Å². The van der Waals surface area contributed by atoms with Gasteiger partial charge in [-0.1, -0.05) is 26.0 Å². The fourth-order valence-electron chi connectivity index (χ4n) is 5.31. The lowest BCUT2D eigenvalue weighted by molar-refractivity contribution is -0.426. The summed E-state index contributed by atoms with van der Waals surface area (Å²) in [7, 11) is 2.14. The highest BCUT2D eigenvalue weighted by molar-refractivity contribution is 5.92. The Labute approximate surface area is 224 Å². The third-order valence-electron chi connectivity index (χ3n) is 7.80. The van der Waals surface area contributed by atoms with Gasteiger partial charge in [0, 0.05) is 36.8 Å². The van der Waals surface area contributed by atoms with Crippen molar-refractivity contribution in [2.75, 3.05) is 30.8 Å². The summed E-state index contributed by atoms with van der Waals surface area (Å²) < 4.78 is 8.01. The highest BCUT2D eigenvalue weighted by Gasteiger charge is 2.26. The van der Waals surface area contributed by atoms with Crippen molar-refractivity contribution in [1.29, 1.82) is 0 Å². The van der Waals surface area contributed by atoms with Crippen molar-refractivity contribution in [3.63, 3.8) is 0 Å². The SMILES string of the molecule is CC(C)c1cnn2c(NCc3cccc(NC(=O)C4CCC([NH3+])CC4)c3)nc(OC3CCN(C)CC3)nc12. The molecule has 0 atom stereocenters. The van der Waals surface area contributed by atoms with Crippen LogP contribution in [0, 0.1) is 5.92 Å². The lowest BCUT2D eigenvalue weighted by atomic mass is 9.86. The molecule has 5 N–H and O–H groups in total. The molecular formula is C28H41N8O2+. The number of amides is 1. The second kappa shape index (κ2) is 11.7. The van der Waals surface area contributed by atoms with Gasteiger partial charge in [0.25, 0.3) is 0 Å². The third-order valence-corrected chi connectivity index (χ3v) is 7.80. The molecular weight excluding hydrogens is 480 g/mol. The minimum atomic E-state index is 0.0713. The van der Waals surface area contributed by atoms with Gasteiger partial charge in [0.2, 0.25) is 11.9 Å². The number of piperidine rings is 1. The van der Waals surface area contributed by atoms with E-state index in [0.717, 1.165) is 74.1 Å². The Bertz CT molecular complexity index is 1240. The molecule has 10 heteroatoms. The largest absolute Gasteiger partial charge is 0.460 e. The average Bonchev–Trinajstić information content (AvgIpc) is 3.34. The van der Waals surface area contributed by atoms with Crippen molar-refractivity contribution in [3.05, 3.63) is 41.6 Å². The first kappa shape index (κ1) is 26.4. The smallest absolute Gasteiger partial charge is 0.322 e. The van der Waals surface area contributed by atoms with Crippen LogP contribution in [0.4, 0.5) is 11.6 Å². The Balaban J connectivity index is 1.30. The van der Waals surface area contributed by atoms with E-state index in [0.29, 0.717) is 24.5 Å². The molecule has 1 amide bonds. The summed E-state index contributed by atoms with van der Waals surface area (Å²) in [6, 6.07) is 8.81. The molecule has 38 heavy (non-hydrogen) atoms. The molecule has 204 valence electrons. The fourth-order valence-corrected chi connectivity index (χ4v) is 5.31. The third kappa shape index (κ3) is 6.24. The number of likely N-dealkylation sites (tertiary alicyclic amines) is 1. The topological polar surface area (TPSA) is 124 Å². The predicted octanol–water partition coefficient (Wildman–Crippen LogP) is 3.07. The highest BCUT2D eigenvalue weighted by Crippen LogP contribution is 2.26. The molecule has 3 heterocycles. The quantitative estimate of drug-likeness (QED) is 0.416. The average molecular weight is 522 g/mol. The van der Waals surface area contributed by atoms with Gasteiger partial charge >= 0.3 is 6.01 Å². The van der Waals surface area contributed by atoms with E-state index < -0.39 is 0 Å². The minimum Gasteiger partial charge on any atom is -0.460 e. The molecule has 1 aliphatic carbocycles. The van der Waals surface area contributed by atoms with E-state index >= 15 is 0 Å². The van der Waals surface area contributed by atoms with E-state index in [1.54, 1.807) is 4.52 Å². The number of ether oxygens (including phenoxy) is 1. The van der Waals surface area contributed by atoms with E-state index in [4.69, 9.17) is 14.7 Å². The number of carbonyl (C=O) groups excluding carboxylic acids is 1. The maximum Gasteiger partial charge on any atom is 0.322 e. The molecule has 1 aromatic carbocycles. The predicted molar refractivity (Wildman–Crippen MR) is 147 cm³/mol. The van der Waals surface area contributed by atoms with Gasteiger partial charge in [-0.25, -0.2) is 0 Å². The van der Waals surface area contributed by atoms with E-state index in [-0.39, 0.29) is 23.8 Å². The van der Waals surface area contributed by atoms with Crippen LogP contribution in [-0.4, -0.2) is 62.7 Å². The summed E-state index contributed by atoms with van der Waals surface area (Å²) in [5.41, 5.74) is 7.80. The first-order valence-electron chi connectivity index (χ1n) is 13.9. The Morgan fingerprint density at radius 2 is 1.89 bits per heavy atom. The van der Waals surface area contributed by atoms with Crippen LogP contribution in [0.2, 0.25) is 0 Å². The number of rotatable bonds is 8. The number of hydrogen-bond acceptors (Lipinski definition) is 7. The second-order valence-electron chi connectivity index (χ2n) is 11.2. The van der Waals surface area contributed by atoms with Crippen molar-refractivity contribution in [2.45, 2.75) is 77.0 Å². The summed E-state index contributed by atoms with van der Waals surface area (Å²) in [6.45, 7) is 6.80. The number of anilines is 2. The summed E-state index contributed by atoms with van der Waals surface area (Å²) in [6.07, 6.45) is 7.74. The monoisotopic (exact) mass is 521 g/mol. The van der Waals surface area contributed by atoms with Crippen LogP contribution in [0.5, 0.6) is 6.01 Å². The zero-order valence-electron chi connectivity index (χ0n) is 22.8.